The molecule has 2 rings (SSSR count). The van der Waals surface area contributed by atoms with Crippen molar-refractivity contribution >= 4 is 0 Å². The number of pyridine rings is 2. The molecule has 0 amide bonds. The molecular weight excluding hydrogens is 224 g/mol. The Morgan fingerprint density at radius 1 is 1.11 bits per heavy atom. The Bertz CT molecular complexity index is 414. The lowest BCUT2D eigenvalue weighted by Crippen LogP contribution is -2.06. The van der Waals surface area contributed by atoms with Gasteiger partial charge in [0, 0.05) is 24.6 Å². The summed E-state index contributed by atoms with van der Waals surface area (Å²) in [5, 5.41) is 0. The van der Waals surface area contributed by atoms with Gasteiger partial charge in [0.25, 0.3) is 0 Å². The summed E-state index contributed by atoms with van der Waals surface area (Å²) in [5.74, 6) is 0. The second-order valence-electron chi connectivity index (χ2n) is 3.94. The maximum atomic E-state index is 5.55. The highest BCUT2D eigenvalue weighted by Crippen LogP contribution is 2.02. The number of nitrogens with zero attached hydrogens (tertiary/aromatic N) is 2. The van der Waals surface area contributed by atoms with Crippen LogP contribution in [0.5, 0.6) is 0 Å². The lowest BCUT2D eigenvalue weighted by atomic mass is 10.2. The van der Waals surface area contributed by atoms with Crippen molar-refractivity contribution in [2.75, 3.05) is 6.54 Å². The van der Waals surface area contributed by atoms with Gasteiger partial charge in [-0.05, 0) is 49.7 Å². The third kappa shape index (κ3) is 5.52. The summed E-state index contributed by atoms with van der Waals surface area (Å²) in [7, 11) is 0. The van der Waals surface area contributed by atoms with Crippen LogP contribution < -0.4 is 11.5 Å². The molecule has 2 aromatic heterocycles. The summed E-state index contributed by atoms with van der Waals surface area (Å²) in [6.07, 6.45) is 6.26. The molecular formula is C14H20N4. The fourth-order valence-electron chi connectivity index (χ4n) is 1.36. The minimum atomic E-state index is 0.0474. The Balaban J connectivity index is 0.000000180. The van der Waals surface area contributed by atoms with Crippen LogP contribution in [0.1, 0.15) is 24.2 Å². The van der Waals surface area contributed by atoms with Crippen molar-refractivity contribution in [2.45, 2.75) is 19.4 Å². The van der Waals surface area contributed by atoms with Crippen molar-refractivity contribution < 1.29 is 0 Å². The fourth-order valence-corrected chi connectivity index (χ4v) is 1.36. The third-order valence-corrected chi connectivity index (χ3v) is 2.34. The molecule has 0 radical (unpaired) electrons. The van der Waals surface area contributed by atoms with Gasteiger partial charge in [0.2, 0.25) is 0 Å². The number of rotatable bonds is 3. The second-order valence-corrected chi connectivity index (χ2v) is 3.94. The molecule has 1 unspecified atom stereocenters. The van der Waals surface area contributed by atoms with E-state index in [2.05, 4.69) is 9.97 Å². The van der Waals surface area contributed by atoms with Gasteiger partial charge in [0.1, 0.15) is 0 Å². The summed E-state index contributed by atoms with van der Waals surface area (Å²) in [6, 6.07) is 9.74. The van der Waals surface area contributed by atoms with Gasteiger partial charge in [0.15, 0.2) is 0 Å². The van der Waals surface area contributed by atoms with Gasteiger partial charge >= 0.3 is 0 Å². The zero-order valence-electron chi connectivity index (χ0n) is 10.7. The summed E-state index contributed by atoms with van der Waals surface area (Å²) in [4.78, 5) is 7.94. The molecule has 0 bridgehead atoms. The molecule has 4 N–H and O–H groups in total. The second kappa shape index (κ2) is 8.33. The Labute approximate surface area is 108 Å². The first-order valence-electron chi connectivity index (χ1n) is 5.99. The Morgan fingerprint density at radius 3 is 2.28 bits per heavy atom. The molecule has 2 heterocycles. The smallest absolute Gasteiger partial charge is 0.0568 e. The first kappa shape index (κ1) is 14.3. The first-order chi connectivity index (χ1) is 8.74. The first-order valence-corrected chi connectivity index (χ1v) is 5.99. The Morgan fingerprint density at radius 2 is 1.83 bits per heavy atom. The minimum absolute atomic E-state index is 0.0474. The molecule has 0 fully saturated rings. The van der Waals surface area contributed by atoms with Gasteiger partial charge < -0.3 is 11.5 Å². The lowest BCUT2D eigenvalue weighted by Gasteiger charge is -2.00. The summed E-state index contributed by atoms with van der Waals surface area (Å²) < 4.78 is 0. The quantitative estimate of drug-likeness (QED) is 0.861. The van der Waals surface area contributed by atoms with Crippen LogP contribution in [0.3, 0.4) is 0 Å². The third-order valence-electron chi connectivity index (χ3n) is 2.34. The average Bonchev–Trinajstić information content (AvgIpc) is 2.42. The van der Waals surface area contributed by atoms with Crippen molar-refractivity contribution in [1.82, 2.24) is 9.97 Å². The Hall–Kier alpha value is -1.78. The number of hydrogen-bond donors (Lipinski definition) is 2. The zero-order valence-corrected chi connectivity index (χ0v) is 10.7. The monoisotopic (exact) mass is 244 g/mol. The van der Waals surface area contributed by atoms with E-state index in [-0.39, 0.29) is 6.04 Å². The molecule has 2 aromatic rings. The molecule has 0 spiro atoms. The van der Waals surface area contributed by atoms with E-state index in [1.807, 2.05) is 37.3 Å². The average molecular weight is 244 g/mol. The molecule has 0 aliphatic heterocycles. The van der Waals surface area contributed by atoms with E-state index in [1.165, 1.54) is 5.56 Å². The van der Waals surface area contributed by atoms with Crippen LogP contribution in [-0.4, -0.2) is 16.5 Å². The van der Waals surface area contributed by atoms with E-state index in [1.54, 1.807) is 18.6 Å². The van der Waals surface area contributed by atoms with E-state index < -0.39 is 0 Å². The normalized spacial score (nSPS) is 11.3. The molecule has 0 saturated heterocycles. The van der Waals surface area contributed by atoms with Crippen molar-refractivity contribution in [3.05, 3.63) is 60.2 Å². The van der Waals surface area contributed by atoms with Crippen LogP contribution in [0.15, 0.2) is 48.9 Å². The molecule has 0 aliphatic rings. The molecule has 1 atom stereocenters. The molecule has 0 saturated carbocycles. The van der Waals surface area contributed by atoms with Gasteiger partial charge in [-0.15, -0.1) is 0 Å². The highest BCUT2D eigenvalue weighted by atomic mass is 14.7. The van der Waals surface area contributed by atoms with Gasteiger partial charge in [-0.1, -0.05) is 6.07 Å². The molecule has 18 heavy (non-hydrogen) atoms. The van der Waals surface area contributed by atoms with Crippen molar-refractivity contribution in [1.29, 1.82) is 0 Å². The van der Waals surface area contributed by atoms with Crippen molar-refractivity contribution in [2.24, 2.45) is 11.5 Å². The van der Waals surface area contributed by atoms with E-state index in [0.717, 1.165) is 12.1 Å². The van der Waals surface area contributed by atoms with Crippen LogP contribution in [0.2, 0.25) is 0 Å². The largest absolute Gasteiger partial charge is 0.330 e. The lowest BCUT2D eigenvalue weighted by molar-refractivity contribution is 0.781. The van der Waals surface area contributed by atoms with Gasteiger partial charge in [0.05, 0.1) is 5.69 Å². The van der Waals surface area contributed by atoms with Crippen molar-refractivity contribution in [3.63, 3.8) is 0 Å². The van der Waals surface area contributed by atoms with E-state index in [0.29, 0.717) is 6.54 Å². The van der Waals surface area contributed by atoms with Crippen LogP contribution >= 0.6 is 0 Å². The summed E-state index contributed by atoms with van der Waals surface area (Å²) >= 11 is 0. The maximum Gasteiger partial charge on any atom is 0.0568 e. The SMILES string of the molecule is CC(N)c1ccccn1.NCCc1ccncc1. The topological polar surface area (TPSA) is 77.8 Å². The number of aromatic nitrogens is 2. The molecule has 4 heteroatoms. The van der Waals surface area contributed by atoms with Gasteiger partial charge in [-0.3, -0.25) is 9.97 Å². The summed E-state index contributed by atoms with van der Waals surface area (Å²) in [6.45, 7) is 2.63. The predicted octanol–water partition coefficient (Wildman–Crippen LogP) is 1.68. The van der Waals surface area contributed by atoms with Crippen LogP contribution in [0.4, 0.5) is 0 Å². The molecule has 96 valence electrons. The van der Waals surface area contributed by atoms with Gasteiger partial charge in [-0.25, -0.2) is 0 Å². The molecule has 0 aromatic carbocycles. The van der Waals surface area contributed by atoms with Crippen LogP contribution in [-0.2, 0) is 6.42 Å². The van der Waals surface area contributed by atoms with Gasteiger partial charge in [-0.2, -0.15) is 0 Å². The maximum absolute atomic E-state index is 5.55. The Kier molecular flexibility index (Phi) is 6.61. The number of nitrogens with two attached hydrogens (primary N) is 2. The van der Waals surface area contributed by atoms with Crippen LogP contribution in [0, 0.1) is 0 Å². The van der Waals surface area contributed by atoms with Crippen molar-refractivity contribution in [3.8, 4) is 0 Å². The zero-order chi connectivity index (χ0) is 13.2. The highest BCUT2D eigenvalue weighted by molar-refractivity contribution is 5.09. The van der Waals surface area contributed by atoms with E-state index in [4.69, 9.17) is 11.5 Å². The highest BCUT2D eigenvalue weighted by Gasteiger charge is 1.95. The fraction of sp³-hybridized carbons (Fsp3) is 0.286. The summed E-state index contributed by atoms with van der Waals surface area (Å²) in [5.41, 5.74) is 13.1. The number of hydrogen-bond acceptors (Lipinski definition) is 4. The minimum Gasteiger partial charge on any atom is -0.330 e. The standard InChI is InChI=1S/2C7H10N2/c8-4-1-7-2-5-9-6-3-7;1-6(8)7-4-2-3-5-9-7/h2-3,5-6H,1,4,8H2;2-6H,8H2,1H3. The predicted molar refractivity (Wildman–Crippen MR) is 73.8 cm³/mol. The van der Waals surface area contributed by atoms with E-state index in [9.17, 15) is 0 Å². The van der Waals surface area contributed by atoms with Crippen LogP contribution in [0.25, 0.3) is 0 Å². The van der Waals surface area contributed by atoms with E-state index >= 15 is 0 Å². The molecule has 0 aliphatic carbocycles. The molecule has 4 nitrogen and oxygen atoms in total.